The Bertz CT molecular complexity index is 1150. The number of sulfonamides is 1. The van der Waals surface area contributed by atoms with Gasteiger partial charge in [-0.25, -0.2) is 17.8 Å². The zero-order chi connectivity index (χ0) is 21.8. The maximum absolute atomic E-state index is 13.7. The van der Waals surface area contributed by atoms with Crippen LogP contribution in [0, 0.1) is 5.82 Å². The minimum atomic E-state index is -3.74. The van der Waals surface area contributed by atoms with Gasteiger partial charge in [0.05, 0.1) is 10.9 Å². The molecule has 1 unspecified atom stereocenters. The van der Waals surface area contributed by atoms with E-state index in [4.69, 9.17) is 0 Å². The second kappa shape index (κ2) is 9.13. The summed E-state index contributed by atoms with van der Waals surface area (Å²) in [4.78, 5) is 18.4. The Hall–Kier alpha value is -2.82. The van der Waals surface area contributed by atoms with Gasteiger partial charge >= 0.3 is 0 Å². The van der Waals surface area contributed by atoms with Crippen molar-refractivity contribution in [2.45, 2.75) is 23.8 Å². The Kier molecular flexibility index (Phi) is 6.30. The quantitative estimate of drug-likeness (QED) is 0.539. The van der Waals surface area contributed by atoms with E-state index in [-0.39, 0.29) is 22.7 Å². The molecular formula is C21H21FN4O3S2. The van der Waals surface area contributed by atoms with Crippen molar-refractivity contribution in [2.24, 2.45) is 0 Å². The van der Waals surface area contributed by atoms with Gasteiger partial charge in [-0.1, -0.05) is 18.2 Å². The number of halogens is 1. The Labute approximate surface area is 184 Å². The summed E-state index contributed by atoms with van der Waals surface area (Å²) < 4.78 is 41.0. The lowest BCUT2D eigenvalue weighted by molar-refractivity contribution is -0.118. The number of benzene rings is 2. The lowest BCUT2D eigenvalue weighted by Crippen LogP contribution is -2.39. The minimum Gasteiger partial charge on any atom is -0.311 e. The highest BCUT2D eigenvalue weighted by Crippen LogP contribution is 2.25. The Balaban J connectivity index is 1.35. The number of thiazole rings is 1. The number of rotatable bonds is 8. The lowest BCUT2D eigenvalue weighted by atomic mass is 10.1. The van der Waals surface area contributed by atoms with Crippen LogP contribution in [0.25, 0.3) is 0 Å². The molecule has 1 saturated heterocycles. The molecule has 7 nitrogen and oxygen atoms in total. The molecule has 1 fully saturated rings. The molecule has 10 heteroatoms. The standard InChI is InChI=1S/C21H21FN4O3S2/c22-18-4-2-1-3-15(18)9-11-23-19-10-13-26(20(19)27)16-5-7-17(8-6-16)31(28,29)25-21-24-12-14-30-21/h1-8,12,14,19,23H,9-11,13H2,(H,24,25). The number of hydrogen-bond acceptors (Lipinski definition) is 6. The van der Waals surface area contributed by atoms with E-state index < -0.39 is 10.0 Å². The van der Waals surface area contributed by atoms with Crippen LogP contribution in [-0.4, -0.2) is 38.4 Å². The van der Waals surface area contributed by atoms with E-state index in [0.29, 0.717) is 42.3 Å². The van der Waals surface area contributed by atoms with Crippen LogP contribution in [-0.2, 0) is 21.2 Å². The van der Waals surface area contributed by atoms with E-state index in [1.165, 1.54) is 35.7 Å². The summed E-state index contributed by atoms with van der Waals surface area (Å²) in [5.41, 5.74) is 1.25. The predicted octanol–water partition coefficient (Wildman–Crippen LogP) is 3.02. The summed E-state index contributed by atoms with van der Waals surface area (Å²) in [7, 11) is -3.74. The van der Waals surface area contributed by atoms with Gasteiger partial charge in [0.2, 0.25) is 5.91 Å². The largest absolute Gasteiger partial charge is 0.311 e. The topological polar surface area (TPSA) is 91.4 Å². The van der Waals surface area contributed by atoms with E-state index in [1.807, 2.05) is 0 Å². The molecule has 3 aromatic rings. The molecule has 162 valence electrons. The third-order valence-corrected chi connectivity index (χ3v) is 7.23. The molecule has 2 heterocycles. The summed E-state index contributed by atoms with van der Waals surface area (Å²) in [5.74, 6) is -0.326. The number of amides is 1. The molecule has 1 aliphatic heterocycles. The van der Waals surface area contributed by atoms with Crippen LogP contribution in [0.2, 0.25) is 0 Å². The Morgan fingerprint density at radius 1 is 1.16 bits per heavy atom. The fourth-order valence-electron chi connectivity index (χ4n) is 3.46. The van der Waals surface area contributed by atoms with Crippen molar-refractivity contribution in [3.05, 3.63) is 71.5 Å². The average Bonchev–Trinajstić information content (AvgIpc) is 3.39. The van der Waals surface area contributed by atoms with Crippen molar-refractivity contribution in [2.75, 3.05) is 22.7 Å². The van der Waals surface area contributed by atoms with E-state index in [1.54, 1.807) is 40.6 Å². The third-order valence-electron chi connectivity index (χ3n) is 5.06. The number of anilines is 2. The monoisotopic (exact) mass is 460 g/mol. The maximum atomic E-state index is 13.7. The number of hydrogen-bond donors (Lipinski definition) is 2. The number of carbonyl (C=O) groups excluding carboxylic acids is 1. The van der Waals surface area contributed by atoms with Crippen LogP contribution in [0.15, 0.2) is 65.0 Å². The van der Waals surface area contributed by atoms with E-state index >= 15 is 0 Å². The first-order valence-corrected chi connectivity index (χ1v) is 12.1. The van der Waals surface area contributed by atoms with Gasteiger partial charge in [-0.3, -0.25) is 9.52 Å². The molecule has 31 heavy (non-hydrogen) atoms. The highest BCUT2D eigenvalue weighted by molar-refractivity contribution is 7.93. The molecule has 1 amide bonds. The Morgan fingerprint density at radius 2 is 1.94 bits per heavy atom. The van der Waals surface area contributed by atoms with Gasteiger partial charge in [0.15, 0.2) is 5.13 Å². The highest BCUT2D eigenvalue weighted by Gasteiger charge is 2.32. The summed E-state index contributed by atoms with van der Waals surface area (Å²) in [5, 5.41) is 5.17. The molecule has 0 spiro atoms. The minimum absolute atomic E-state index is 0.0787. The van der Waals surface area contributed by atoms with Crippen molar-refractivity contribution in [1.82, 2.24) is 10.3 Å². The fourth-order valence-corrected chi connectivity index (χ4v) is 5.25. The summed E-state index contributed by atoms with van der Waals surface area (Å²) in [6, 6.07) is 12.4. The predicted molar refractivity (Wildman–Crippen MR) is 118 cm³/mol. The smallest absolute Gasteiger partial charge is 0.263 e. The van der Waals surface area contributed by atoms with Crippen LogP contribution in [0.3, 0.4) is 0 Å². The molecule has 2 aromatic carbocycles. The first kappa shape index (κ1) is 21.4. The van der Waals surface area contributed by atoms with Gasteiger partial charge in [0.25, 0.3) is 10.0 Å². The van der Waals surface area contributed by atoms with Crippen molar-refractivity contribution < 1.29 is 17.6 Å². The van der Waals surface area contributed by atoms with Crippen LogP contribution in [0.1, 0.15) is 12.0 Å². The molecule has 1 aliphatic rings. The molecule has 0 aliphatic carbocycles. The summed E-state index contributed by atoms with van der Waals surface area (Å²) >= 11 is 1.19. The van der Waals surface area contributed by atoms with Gasteiger partial charge in [0, 0.05) is 30.4 Å². The van der Waals surface area contributed by atoms with Crippen molar-refractivity contribution in [3.8, 4) is 0 Å². The number of carbonyl (C=O) groups is 1. The summed E-state index contributed by atoms with van der Waals surface area (Å²) in [6.45, 7) is 1.02. The van der Waals surface area contributed by atoms with E-state index in [2.05, 4.69) is 15.0 Å². The molecule has 0 radical (unpaired) electrons. The van der Waals surface area contributed by atoms with E-state index in [0.717, 1.165) is 0 Å². The number of nitrogens with one attached hydrogen (secondary N) is 2. The number of nitrogens with zero attached hydrogens (tertiary/aromatic N) is 2. The van der Waals surface area contributed by atoms with Crippen molar-refractivity contribution >= 4 is 38.1 Å². The molecule has 2 N–H and O–H groups in total. The normalized spacial score (nSPS) is 16.6. The van der Waals surface area contributed by atoms with Gasteiger partial charge in [0.1, 0.15) is 5.82 Å². The fraction of sp³-hybridized carbons (Fsp3) is 0.238. The second-order valence-corrected chi connectivity index (χ2v) is 9.64. The van der Waals surface area contributed by atoms with Crippen LogP contribution in [0.5, 0.6) is 0 Å². The molecule has 4 rings (SSSR count). The molecule has 0 bridgehead atoms. The van der Waals surface area contributed by atoms with Gasteiger partial charge in [-0.15, -0.1) is 11.3 Å². The van der Waals surface area contributed by atoms with Crippen molar-refractivity contribution in [1.29, 1.82) is 0 Å². The number of aromatic nitrogens is 1. The van der Waals surface area contributed by atoms with Gasteiger partial charge in [-0.2, -0.15) is 0 Å². The molecular weight excluding hydrogens is 439 g/mol. The Morgan fingerprint density at radius 3 is 2.65 bits per heavy atom. The van der Waals surface area contributed by atoms with E-state index in [9.17, 15) is 17.6 Å². The van der Waals surface area contributed by atoms with Gasteiger partial charge in [-0.05, 0) is 48.7 Å². The SMILES string of the molecule is O=C1C(NCCc2ccccc2F)CCN1c1ccc(S(=O)(=O)Nc2nccs2)cc1. The molecule has 0 saturated carbocycles. The summed E-state index contributed by atoms with van der Waals surface area (Å²) in [6.07, 6.45) is 2.64. The zero-order valence-electron chi connectivity index (χ0n) is 16.5. The van der Waals surface area contributed by atoms with Crippen LogP contribution < -0.4 is 14.9 Å². The molecule has 1 atom stereocenters. The highest BCUT2D eigenvalue weighted by atomic mass is 32.2. The molecule has 1 aromatic heterocycles. The van der Waals surface area contributed by atoms with Crippen molar-refractivity contribution in [3.63, 3.8) is 0 Å². The lowest BCUT2D eigenvalue weighted by Gasteiger charge is -2.18. The first-order valence-electron chi connectivity index (χ1n) is 9.74. The van der Waals surface area contributed by atoms with Crippen LogP contribution in [0.4, 0.5) is 15.2 Å². The maximum Gasteiger partial charge on any atom is 0.263 e. The van der Waals surface area contributed by atoms with Gasteiger partial charge < -0.3 is 10.2 Å². The zero-order valence-corrected chi connectivity index (χ0v) is 18.1. The third kappa shape index (κ3) is 4.92. The second-order valence-electron chi connectivity index (χ2n) is 7.06. The van der Waals surface area contributed by atoms with Crippen LogP contribution >= 0.6 is 11.3 Å². The first-order chi connectivity index (χ1) is 14.9. The average molecular weight is 461 g/mol.